The van der Waals surface area contributed by atoms with E-state index in [4.69, 9.17) is 5.73 Å². The molecule has 0 aromatic carbocycles. The van der Waals surface area contributed by atoms with Gasteiger partial charge in [0.1, 0.15) is 0 Å². The standard InChI is InChI=1S/C9H13N3O/c1-7-6-8(3-5-11-7)12-9(13)2-4-10/h3,5-6H,2,4,10H2,1H3,(H,11,12,13). The van der Waals surface area contributed by atoms with E-state index in [9.17, 15) is 4.79 Å². The first kappa shape index (κ1) is 9.67. The molecule has 1 heterocycles. The minimum atomic E-state index is -0.0619. The van der Waals surface area contributed by atoms with Gasteiger partial charge in [-0.25, -0.2) is 0 Å². The van der Waals surface area contributed by atoms with Crippen molar-refractivity contribution in [3.05, 3.63) is 24.0 Å². The summed E-state index contributed by atoms with van der Waals surface area (Å²) in [4.78, 5) is 15.1. The van der Waals surface area contributed by atoms with Crippen molar-refractivity contribution in [2.24, 2.45) is 5.73 Å². The fourth-order valence-electron chi connectivity index (χ4n) is 0.978. The van der Waals surface area contributed by atoms with Crippen LogP contribution in [-0.4, -0.2) is 17.4 Å². The molecule has 3 N–H and O–H groups in total. The molecule has 1 aromatic rings. The van der Waals surface area contributed by atoms with E-state index in [1.54, 1.807) is 12.3 Å². The van der Waals surface area contributed by atoms with Crippen LogP contribution in [0.3, 0.4) is 0 Å². The molecule has 4 nitrogen and oxygen atoms in total. The van der Waals surface area contributed by atoms with Gasteiger partial charge in [0.25, 0.3) is 0 Å². The Kier molecular flexibility index (Phi) is 3.40. The molecule has 13 heavy (non-hydrogen) atoms. The number of nitrogens with one attached hydrogen (secondary N) is 1. The molecule has 0 saturated heterocycles. The number of amides is 1. The quantitative estimate of drug-likeness (QED) is 0.716. The molecule has 0 aliphatic carbocycles. The third kappa shape index (κ3) is 3.21. The minimum absolute atomic E-state index is 0.0619. The van der Waals surface area contributed by atoms with E-state index in [-0.39, 0.29) is 5.91 Å². The fraction of sp³-hybridized carbons (Fsp3) is 0.333. The predicted molar refractivity (Wildman–Crippen MR) is 51.3 cm³/mol. The average molecular weight is 179 g/mol. The van der Waals surface area contributed by atoms with E-state index < -0.39 is 0 Å². The Balaban J connectivity index is 2.58. The van der Waals surface area contributed by atoms with Gasteiger partial charge >= 0.3 is 0 Å². The van der Waals surface area contributed by atoms with Crippen LogP contribution in [-0.2, 0) is 4.79 Å². The first-order valence-corrected chi connectivity index (χ1v) is 4.15. The van der Waals surface area contributed by atoms with Gasteiger partial charge in [0.15, 0.2) is 0 Å². The highest BCUT2D eigenvalue weighted by molar-refractivity contribution is 5.90. The van der Waals surface area contributed by atoms with Gasteiger partial charge in [0.05, 0.1) is 0 Å². The molecule has 0 atom stereocenters. The van der Waals surface area contributed by atoms with Crippen molar-refractivity contribution in [1.29, 1.82) is 0 Å². The summed E-state index contributed by atoms with van der Waals surface area (Å²) in [6, 6.07) is 3.57. The van der Waals surface area contributed by atoms with E-state index in [1.807, 2.05) is 13.0 Å². The molecule has 0 fully saturated rings. The summed E-state index contributed by atoms with van der Waals surface area (Å²) in [6.07, 6.45) is 2.01. The van der Waals surface area contributed by atoms with Crippen LogP contribution >= 0.6 is 0 Å². The molecule has 0 spiro atoms. The van der Waals surface area contributed by atoms with Gasteiger partial charge < -0.3 is 11.1 Å². The predicted octanol–water partition coefficient (Wildman–Crippen LogP) is 0.677. The van der Waals surface area contributed by atoms with E-state index in [0.717, 1.165) is 11.4 Å². The van der Waals surface area contributed by atoms with Gasteiger partial charge in [-0.1, -0.05) is 0 Å². The number of pyridine rings is 1. The molecule has 0 radical (unpaired) electrons. The van der Waals surface area contributed by atoms with Crippen molar-refractivity contribution in [2.45, 2.75) is 13.3 Å². The Bertz CT molecular complexity index is 299. The smallest absolute Gasteiger partial charge is 0.225 e. The number of aryl methyl sites for hydroxylation is 1. The number of rotatable bonds is 3. The normalized spacial score (nSPS) is 9.69. The second-order valence-electron chi connectivity index (χ2n) is 2.77. The van der Waals surface area contributed by atoms with Gasteiger partial charge in [-0.05, 0) is 19.1 Å². The first-order valence-electron chi connectivity index (χ1n) is 4.15. The maximum absolute atomic E-state index is 11.1. The summed E-state index contributed by atoms with van der Waals surface area (Å²) in [5, 5.41) is 2.72. The lowest BCUT2D eigenvalue weighted by molar-refractivity contribution is -0.116. The third-order valence-electron chi connectivity index (χ3n) is 1.55. The topological polar surface area (TPSA) is 68.0 Å². The minimum Gasteiger partial charge on any atom is -0.330 e. The Morgan fingerprint density at radius 1 is 1.69 bits per heavy atom. The number of hydrogen-bond acceptors (Lipinski definition) is 3. The van der Waals surface area contributed by atoms with Crippen molar-refractivity contribution >= 4 is 11.6 Å². The fourth-order valence-corrected chi connectivity index (χ4v) is 0.978. The van der Waals surface area contributed by atoms with Gasteiger partial charge in [-0.3, -0.25) is 9.78 Å². The van der Waals surface area contributed by atoms with Crippen LogP contribution in [0.1, 0.15) is 12.1 Å². The molecule has 1 rings (SSSR count). The van der Waals surface area contributed by atoms with Gasteiger partial charge in [-0.15, -0.1) is 0 Å². The lowest BCUT2D eigenvalue weighted by Crippen LogP contribution is -2.16. The molecule has 0 saturated carbocycles. The first-order chi connectivity index (χ1) is 6.22. The van der Waals surface area contributed by atoms with Crippen molar-refractivity contribution in [3.63, 3.8) is 0 Å². The maximum atomic E-state index is 11.1. The van der Waals surface area contributed by atoms with Crippen LogP contribution in [0.5, 0.6) is 0 Å². The molecule has 0 unspecified atom stereocenters. The SMILES string of the molecule is Cc1cc(NC(=O)CCN)ccn1. The zero-order valence-corrected chi connectivity index (χ0v) is 7.58. The van der Waals surface area contributed by atoms with Crippen LogP contribution in [0, 0.1) is 6.92 Å². The molecule has 1 aromatic heterocycles. The van der Waals surface area contributed by atoms with Crippen LogP contribution in [0.4, 0.5) is 5.69 Å². The summed E-state index contributed by atoms with van der Waals surface area (Å²) in [7, 11) is 0. The van der Waals surface area contributed by atoms with Crippen molar-refractivity contribution in [3.8, 4) is 0 Å². The highest BCUT2D eigenvalue weighted by Gasteiger charge is 1.99. The molecule has 0 aliphatic heterocycles. The molecule has 0 bridgehead atoms. The Labute approximate surface area is 77.2 Å². The van der Waals surface area contributed by atoms with Crippen LogP contribution < -0.4 is 11.1 Å². The maximum Gasteiger partial charge on any atom is 0.225 e. The van der Waals surface area contributed by atoms with Crippen LogP contribution in [0.2, 0.25) is 0 Å². The Hall–Kier alpha value is -1.42. The second kappa shape index (κ2) is 4.57. The zero-order valence-electron chi connectivity index (χ0n) is 7.58. The zero-order chi connectivity index (χ0) is 9.68. The highest BCUT2D eigenvalue weighted by atomic mass is 16.1. The lowest BCUT2D eigenvalue weighted by atomic mass is 10.3. The van der Waals surface area contributed by atoms with E-state index in [2.05, 4.69) is 10.3 Å². The third-order valence-corrected chi connectivity index (χ3v) is 1.55. The monoisotopic (exact) mass is 179 g/mol. The second-order valence-corrected chi connectivity index (χ2v) is 2.77. The molecular formula is C9H13N3O. The molecular weight excluding hydrogens is 166 g/mol. The molecule has 4 heteroatoms. The summed E-state index contributed by atoms with van der Waals surface area (Å²) in [5.74, 6) is -0.0619. The van der Waals surface area contributed by atoms with Crippen molar-refractivity contribution in [1.82, 2.24) is 4.98 Å². The molecule has 0 aliphatic rings. The summed E-state index contributed by atoms with van der Waals surface area (Å²) < 4.78 is 0. The number of carbonyl (C=O) groups is 1. The van der Waals surface area contributed by atoms with Crippen LogP contribution in [0.25, 0.3) is 0 Å². The van der Waals surface area contributed by atoms with Gasteiger partial charge in [0, 0.05) is 30.5 Å². The average Bonchev–Trinajstić information content (AvgIpc) is 2.04. The lowest BCUT2D eigenvalue weighted by Gasteiger charge is -2.03. The van der Waals surface area contributed by atoms with Crippen molar-refractivity contribution in [2.75, 3.05) is 11.9 Å². The summed E-state index contributed by atoms with van der Waals surface area (Å²) >= 11 is 0. The van der Waals surface area contributed by atoms with E-state index in [0.29, 0.717) is 13.0 Å². The van der Waals surface area contributed by atoms with Gasteiger partial charge in [0.2, 0.25) is 5.91 Å². The number of nitrogens with two attached hydrogens (primary N) is 1. The van der Waals surface area contributed by atoms with E-state index >= 15 is 0 Å². The number of anilines is 1. The van der Waals surface area contributed by atoms with Gasteiger partial charge in [-0.2, -0.15) is 0 Å². The molecule has 70 valence electrons. The highest BCUT2D eigenvalue weighted by Crippen LogP contribution is 2.06. The number of hydrogen-bond donors (Lipinski definition) is 2. The largest absolute Gasteiger partial charge is 0.330 e. The number of carbonyl (C=O) groups excluding carboxylic acids is 1. The Morgan fingerprint density at radius 2 is 2.46 bits per heavy atom. The molecule has 1 amide bonds. The van der Waals surface area contributed by atoms with E-state index in [1.165, 1.54) is 0 Å². The number of aromatic nitrogens is 1. The summed E-state index contributed by atoms with van der Waals surface area (Å²) in [5.41, 5.74) is 6.89. The van der Waals surface area contributed by atoms with Crippen LogP contribution in [0.15, 0.2) is 18.3 Å². The van der Waals surface area contributed by atoms with Crippen molar-refractivity contribution < 1.29 is 4.79 Å². The number of nitrogens with zero attached hydrogens (tertiary/aromatic N) is 1. The summed E-state index contributed by atoms with van der Waals surface area (Å²) in [6.45, 7) is 2.24. The Morgan fingerprint density at radius 3 is 3.08 bits per heavy atom.